The molecule has 82 valence electrons. The lowest BCUT2D eigenvalue weighted by molar-refractivity contribution is 0.214. The van der Waals surface area contributed by atoms with Crippen LogP contribution in [0, 0.1) is 12.7 Å². The Balaban J connectivity index is 2.35. The van der Waals surface area contributed by atoms with Crippen molar-refractivity contribution in [2.24, 2.45) is 0 Å². The average molecular weight is 217 g/mol. The summed E-state index contributed by atoms with van der Waals surface area (Å²) in [5.74, 6) is -0.357. The first-order chi connectivity index (χ1) is 7.66. The summed E-state index contributed by atoms with van der Waals surface area (Å²) < 4.78 is 13.0. The quantitative estimate of drug-likeness (QED) is 0.838. The predicted octanol–water partition coefficient (Wildman–Crippen LogP) is 2.61. The second-order valence-corrected chi connectivity index (χ2v) is 3.66. The number of halogens is 1. The number of aliphatic hydroxyl groups excluding tert-OH is 1. The zero-order valence-corrected chi connectivity index (χ0v) is 8.89. The molecule has 1 atom stereocenters. The Labute approximate surface area is 93.4 Å². The van der Waals surface area contributed by atoms with Crippen LogP contribution in [0.4, 0.5) is 4.39 Å². The van der Waals surface area contributed by atoms with Crippen LogP contribution in [-0.4, -0.2) is 10.1 Å². The predicted molar refractivity (Wildman–Crippen MR) is 59.4 cm³/mol. The van der Waals surface area contributed by atoms with Gasteiger partial charge in [0.05, 0.1) is 5.69 Å². The number of nitrogens with zero attached hydrogens (tertiary/aromatic N) is 1. The lowest BCUT2D eigenvalue weighted by atomic mass is 10.1. The van der Waals surface area contributed by atoms with Crippen LogP contribution >= 0.6 is 0 Å². The molecule has 1 heterocycles. The lowest BCUT2D eigenvalue weighted by Crippen LogP contribution is -2.03. The van der Waals surface area contributed by atoms with Crippen LogP contribution in [0.2, 0.25) is 0 Å². The van der Waals surface area contributed by atoms with Gasteiger partial charge in [0.1, 0.15) is 11.9 Å². The zero-order valence-electron chi connectivity index (χ0n) is 8.89. The molecule has 0 aliphatic heterocycles. The van der Waals surface area contributed by atoms with Crippen LogP contribution < -0.4 is 0 Å². The fraction of sp³-hybridized carbons (Fsp3) is 0.154. The van der Waals surface area contributed by atoms with E-state index in [1.165, 1.54) is 12.1 Å². The molecule has 2 nitrogen and oxygen atoms in total. The van der Waals surface area contributed by atoms with E-state index in [4.69, 9.17) is 0 Å². The number of aliphatic hydroxyl groups is 1. The fourth-order valence-electron chi connectivity index (χ4n) is 1.56. The molecule has 16 heavy (non-hydrogen) atoms. The Morgan fingerprint density at radius 1 is 1.19 bits per heavy atom. The fourth-order valence-corrected chi connectivity index (χ4v) is 1.56. The van der Waals surface area contributed by atoms with E-state index in [1.807, 2.05) is 19.1 Å². The largest absolute Gasteiger partial charge is 0.382 e. The van der Waals surface area contributed by atoms with Gasteiger partial charge in [-0.3, -0.25) is 4.98 Å². The van der Waals surface area contributed by atoms with Gasteiger partial charge >= 0.3 is 0 Å². The van der Waals surface area contributed by atoms with Gasteiger partial charge in [-0.05, 0) is 36.8 Å². The van der Waals surface area contributed by atoms with Crippen molar-refractivity contribution in [3.63, 3.8) is 0 Å². The van der Waals surface area contributed by atoms with Crippen molar-refractivity contribution in [1.29, 1.82) is 0 Å². The van der Waals surface area contributed by atoms with Crippen molar-refractivity contribution in [1.82, 2.24) is 4.98 Å². The Bertz CT molecular complexity index is 453. The molecule has 0 saturated carbocycles. The van der Waals surface area contributed by atoms with E-state index < -0.39 is 6.10 Å². The lowest BCUT2D eigenvalue weighted by Gasteiger charge is -2.10. The molecule has 2 rings (SSSR count). The number of aromatic nitrogens is 1. The van der Waals surface area contributed by atoms with E-state index >= 15 is 0 Å². The van der Waals surface area contributed by atoms with Gasteiger partial charge in [0.25, 0.3) is 0 Å². The molecule has 0 aliphatic carbocycles. The third-order valence-corrected chi connectivity index (χ3v) is 2.35. The Morgan fingerprint density at radius 2 is 1.94 bits per heavy atom. The van der Waals surface area contributed by atoms with Gasteiger partial charge in [-0.15, -0.1) is 0 Å². The second kappa shape index (κ2) is 4.41. The molecule has 0 saturated heterocycles. The Morgan fingerprint density at radius 3 is 2.62 bits per heavy atom. The van der Waals surface area contributed by atoms with Crippen molar-refractivity contribution in [3.8, 4) is 0 Å². The third kappa shape index (κ3) is 2.25. The van der Waals surface area contributed by atoms with Gasteiger partial charge in [-0.2, -0.15) is 0 Å². The smallest absolute Gasteiger partial charge is 0.123 e. The summed E-state index contributed by atoms with van der Waals surface area (Å²) in [6, 6.07) is 11.3. The molecule has 2 aromatic rings. The van der Waals surface area contributed by atoms with Gasteiger partial charge in [-0.1, -0.05) is 18.2 Å². The van der Waals surface area contributed by atoms with Crippen molar-refractivity contribution in [3.05, 3.63) is 65.2 Å². The maximum Gasteiger partial charge on any atom is 0.123 e. The Hall–Kier alpha value is -1.74. The van der Waals surface area contributed by atoms with Crippen molar-refractivity contribution in [2.75, 3.05) is 0 Å². The number of pyridine rings is 1. The minimum Gasteiger partial charge on any atom is -0.382 e. The first kappa shape index (κ1) is 10.8. The maximum absolute atomic E-state index is 13.0. The van der Waals surface area contributed by atoms with Crippen molar-refractivity contribution >= 4 is 0 Å². The third-order valence-electron chi connectivity index (χ3n) is 2.35. The van der Waals surface area contributed by atoms with Crippen molar-refractivity contribution < 1.29 is 9.50 Å². The molecule has 1 aromatic carbocycles. The maximum atomic E-state index is 13.0. The highest BCUT2D eigenvalue weighted by atomic mass is 19.1. The summed E-state index contributed by atoms with van der Waals surface area (Å²) in [5, 5.41) is 10.0. The van der Waals surface area contributed by atoms with Crippen LogP contribution in [0.3, 0.4) is 0 Å². The summed E-state index contributed by atoms with van der Waals surface area (Å²) in [7, 11) is 0. The molecular weight excluding hydrogens is 205 g/mol. The number of hydrogen-bond acceptors (Lipinski definition) is 2. The molecule has 0 spiro atoms. The van der Waals surface area contributed by atoms with Crippen LogP contribution in [0.15, 0.2) is 42.5 Å². The number of aryl methyl sites for hydroxylation is 1. The van der Waals surface area contributed by atoms with Gasteiger partial charge in [0, 0.05) is 5.69 Å². The molecule has 1 aromatic heterocycles. The molecule has 0 amide bonds. The van der Waals surface area contributed by atoms with E-state index in [1.54, 1.807) is 18.2 Å². The van der Waals surface area contributed by atoms with E-state index in [2.05, 4.69) is 4.98 Å². The SMILES string of the molecule is Cc1cccc(C(O)c2cccc(F)c2)n1. The van der Waals surface area contributed by atoms with Gasteiger partial charge in [0.2, 0.25) is 0 Å². The average Bonchev–Trinajstić information content (AvgIpc) is 2.28. The first-order valence-electron chi connectivity index (χ1n) is 5.04. The zero-order chi connectivity index (χ0) is 11.5. The van der Waals surface area contributed by atoms with E-state index in [0.29, 0.717) is 11.3 Å². The van der Waals surface area contributed by atoms with Crippen molar-refractivity contribution in [2.45, 2.75) is 13.0 Å². The van der Waals surface area contributed by atoms with E-state index in [-0.39, 0.29) is 5.82 Å². The highest BCUT2D eigenvalue weighted by Gasteiger charge is 2.12. The highest BCUT2D eigenvalue weighted by molar-refractivity contribution is 5.26. The summed E-state index contributed by atoms with van der Waals surface area (Å²) in [6.07, 6.45) is -0.879. The normalized spacial score (nSPS) is 12.4. The topological polar surface area (TPSA) is 33.1 Å². The van der Waals surface area contributed by atoms with E-state index in [9.17, 15) is 9.50 Å². The standard InChI is InChI=1S/C13H12FNO/c1-9-4-2-7-12(15-9)13(16)10-5-3-6-11(14)8-10/h2-8,13,16H,1H3. The van der Waals surface area contributed by atoms with Gasteiger partial charge in [-0.25, -0.2) is 4.39 Å². The summed E-state index contributed by atoms with van der Waals surface area (Å²) in [5.41, 5.74) is 1.87. The minimum atomic E-state index is -0.879. The number of benzene rings is 1. The number of hydrogen-bond donors (Lipinski definition) is 1. The number of rotatable bonds is 2. The highest BCUT2D eigenvalue weighted by Crippen LogP contribution is 2.20. The monoisotopic (exact) mass is 217 g/mol. The molecule has 0 bridgehead atoms. The molecule has 1 N–H and O–H groups in total. The van der Waals surface area contributed by atoms with Gasteiger partial charge in [0.15, 0.2) is 0 Å². The van der Waals surface area contributed by atoms with Crippen LogP contribution in [-0.2, 0) is 0 Å². The molecule has 1 unspecified atom stereocenters. The van der Waals surface area contributed by atoms with Crippen LogP contribution in [0.5, 0.6) is 0 Å². The van der Waals surface area contributed by atoms with Crippen LogP contribution in [0.25, 0.3) is 0 Å². The summed E-state index contributed by atoms with van der Waals surface area (Å²) in [4.78, 5) is 4.21. The molecule has 0 aliphatic rings. The molecule has 3 heteroatoms. The van der Waals surface area contributed by atoms with E-state index in [0.717, 1.165) is 5.69 Å². The van der Waals surface area contributed by atoms with Crippen LogP contribution in [0.1, 0.15) is 23.1 Å². The molecular formula is C13H12FNO. The second-order valence-electron chi connectivity index (χ2n) is 3.66. The summed E-state index contributed by atoms with van der Waals surface area (Å²) in [6.45, 7) is 1.85. The first-order valence-corrected chi connectivity index (χ1v) is 5.04. The minimum absolute atomic E-state index is 0.357. The summed E-state index contributed by atoms with van der Waals surface area (Å²) >= 11 is 0. The van der Waals surface area contributed by atoms with Gasteiger partial charge < -0.3 is 5.11 Å². The Kier molecular flexibility index (Phi) is 2.97. The molecule has 0 radical (unpaired) electrons. The molecule has 0 fully saturated rings.